The van der Waals surface area contributed by atoms with Crippen molar-refractivity contribution in [3.63, 3.8) is 0 Å². The Morgan fingerprint density at radius 1 is 1.21 bits per heavy atom. The van der Waals surface area contributed by atoms with Crippen molar-refractivity contribution >= 4 is 29.4 Å². The number of thioether (sulfide) groups is 2. The Kier molecular flexibility index (Phi) is 6.80. The second-order valence-corrected chi connectivity index (χ2v) is 8.61. The molecule has 0 saturated heterocycles. The van der Waals surface area contributed by atoms with Gasteiger partial charge in [0.05, 0.1) is 19.2 Å². The number of rotatable bonds is 7. The van der Waals surface area contributed by atoms with Gasteiger partial charge < -0.3 is 19.7 Å². The molecule has 1 heterocycles. The van der Waals surface area contributed by atoms with Gasteiger partial charge in [0, 0.05) is 29.9 Å². The molecule has 3 rings (SSSR count). The number of methoxy groups -OCH3 is 2. The van der Waals surface area contributed by atoms with Crippen LogP contribution in [0.2, 0.25) is 0 Å². The summed E-state index contributed by atoms with van der Waals surface area (Å²) in [6.45, 7) is 2.62. The lowest BCUT2D eigenvalue weighted by Crippen LogP contribution is -2.21. The van der Waals surface area contributed by atoms with E-state index in [1.54, 1.807) is 37.7 Å². The minimum atomic E-state index is -0.0828. The van der Waals surface area contributed by atoms with Gasteiger partial charge in [-0.15, -0.1) is 11.8 Å². The number of benzene rings is 2. The number of nitrogens with one attached hydrogen (secondary N) is 1. The molecule has 5 nitrogen and oxygen atoms in total. The molecular formula is C21H24N2O3S2. The third-order valence-electron chi connectivity index (χ3n) is 4.46. The molecule has 2 aromatic carbocycles. The SMILES string of the molecule is COc1ccc(CN2C=C(NC(=O)c3ccccc3C)SC2SC)c(OC)c1. The molecule has 1 amide bonds. The van der Waals surface area contributed by atoms with Gasteiger partial charge in [-0.3, -0.25) is 4.79 Å². The summed E-state index contributed by atoms with van der Waals surface area (Å²) >= 11 is 3.37. The third-order valence-corrected chi connectivity index (χ3v) is 6.93. The van der Waals surface area contributed by atoms with Crippen LogP contribution < -0.4 is 14.8 Å². The molecule has 1 aliphatic heterocycles. The van der Waals surface area contributed by atoms with Crippen molar-refractivity contribution in [2.24, 2.45) is 0 Å². The molecule has 0 aromatic heterocycles. The highest BCUT2D eigenvalue weighted by atomic mass is 32.2. The summed E-state index contributed by atoms with van der Waals surface area (Å²) in [5.74, 6) is 1.47. The zero-order chi connectivity index (χ0) is 20.1. The van der Waals surface area contributed by atoms with Crippen molar-refractivity contribution < 1.29 is 14.3 Å². The predicted octanol–water partition coefficient (Wildman–Crippen LogP) is 4.44. The Hall–Kier alpha value is -2.25. The van der Waals surface area contributed by atoms with Crippen LogP contribution in [0.1, 0.15) is 21.5 Å². The summed E-state index contributed by atoms with van der Waals surface area (Å²) in [5, 5.41) is 3.89. The van der Waals surface area contributed by atoms with E-state index in [9.17, 15) is 4.79 Å². The molecule has 1 N–H and O–H groups in total. The number of carbonyl (C=O) groups is 1. The maximum atomic E-state index is 12.6. The van der Waals surface area contributed by atoms with Gasteiger partial charge in [0.25, 0.3) is 5.91 Å². The molecule has 0 saturated carbocycles. The average Bonchev–Trinajstić information content (AvgIpc) is 3.09. The van der Waals surface area contributed by atoms with Crippen LogP contribution in [0.25, 0.3) is 0 Å². The molecular weight excluding hydrogens is 392 g/mol. The Morgan fingerprint density at radius 3 is 2.68 bits per heavy atom. The molecule has 0 bridgehead atoms. The Morgan fingerprint density at radius 2 is 2.00 bits per heavy atom. The molecule has 28 heavy (non-hydrogen) atoms. The number of ether oxygens (including phenoxy) is 2. The lowest BCUT2D eigenvalue weighted by molar-refractivity contribution is 0.0968. The van der Waals surface area contributed by atoms with Gasteiger partial charge in [-0.05, 0) is 36.9 Å². The van der Waals surface area contributed by atoms with Gasteiger partial charge in [-0.25, -0.2) is 0 Å². The van der Waals surface area contributed by atoms with Crippen LogP contribution in [0.5, 0.6) is 11.5 Å². The molecule has 148 valence electrons. The second-order valence-electron chi connectivity index (χ2n) is 6.27. The van der Waals surface area contributed by atoms with E-state index in [1.807, 2.05) is 55.6 Å². The number of amides is 1. The summed E-state index contributed by atoms with van der Waals surface area (Å²) in [6, 6.07) is 13.4. The molecule has 1 aliphatic rings. The van der Waals surface area contributed by atoms with Crippen molar-refractivity contribution in [2.75, 3.05) is 20.5 Å². The van der Waals surface area contributed by atoms with E-state index in [0.29, 0.717) is 12.1 Å². The van der Waals surface area contributed by atoms with E-state index < -0.39 is 0 Å². The van der Waals surface area contributed by atoms with Gasteiger partial charge in [-0.2, -0.15) is 0 Å². The van der Waals surface area contributed by atoms with E-state index in [1.165, 1.54) is 0 Å². The molecule has 0 fully saturated rings. The summed E-state index contributed by atoms with van der Waals surface area (Å²) < 4.78 is 11.0. The fraction of sp³-hybridized carbons (Fsp3) is 0.286. The summed E-state index contributed by atoms with van der Waals surface area (Å²) in [6.07, 6.45) is 4.07. The minimum absolute atomic E-state index is 0.0828. The van der Waals surface area contributed by atoms with Crippen LogP contribution in [0.3, 0.4) is 0 Å². The monoisotopic (exact) mass is 416 g/mol. The predicted molar refractivity (Wildman–Crippen MR) is 117 cm³/mol. The normalized spacial score (nSPS) is 15.9. The first kappa shape index (κ1) is 20.5. The number of hydrogen-bond donors (Lipinski definition) is 1. The van der Waals surface area contributed by atoms with Crippen LogP contribution in [-0.4, -0.2) is 36.0 Å². The molecule has 2 aromatic rings. The lowest BCUT2D eigenvalue weighted by Gasteiger charge is -2.23. The van der Waals surface area contributed by atoms with Crippen molar-refractivity contribution in [3.05, 3.63) is 70.4 Å². The largest absolute Gasteiger partial charge is 0.497 e. The average molecular weight is 417 g/mol. The molecule has 0 radical (unpaired) electrons. The number of nitrogens with zero attached hydrogens (tertiary/aromatic N) is 1. The van der Waals surface area contributed by atoms with E-state index in [2.05, 4.69) is 16.5 Å². The topological polar surface area (TPSA) is 50.8 Å². The molecule has 0 aliphatic carbocycles. The number of carbonyl (C=O) groups excluding carboxylic acids is 1. The molecule has 0 spiro atoms. The standard InChI is InChI=1S/C21H24N2O3S2/c1-14-7-5-6-8-17(14)20(24)22-19-13-23(21(27-4)28-19)12-15-9-10-16(25-2)11-18(15)26-3/h5-11,13,21H,12H2,1-4H3,(H,22,24). The van der Waals surface area contributed by atoms with Crippen LogP contribution in [0, 0.1) is 6.92 Å². The zero-order valence-corrected chi connectivity index (χ0v) is 18.0. The first-order valence-electron chi connectivity index (χ1n) is 8.80. The molecule has 1 unspecified atom stereocenters. The Labute approximate surface area is 174 Å². The third kappa shape index (κ3) is 4.59. The Balaban J connectivity index is 1.75. The molecule has 1 atom stereocenters. The summed E-state index contributed by atoms with van der Waals surface area (Å²) in [4.78, 5) is 14.8. The zero-order valence-electron chi connectivity index (χ0n) is 16.4. The minimum Gasteiger partial charge on any atom is -0.497 e. The first-order chi connectivity index (χ1) is 13.5. The highest BCUT2D eigenvalue weighted by Crippen LogP contribution is 2.39. The molecule has 7 heteroatoms. The summed E-state index contributed by atoms with van der Waals surface area (Å²) in [7, 11) is 3.30. The fourth-order valence-corrected chi connectivity index (χ4v) is 4.91. The van der Waals surface area contributed by atoms with Gasteiger partial charge in [0.2, 0.25) is 0 Å². The highest BCUT2D eigenvalue weighted by molar-refractivity contribution is 8.18. The maximum absolute atomic E-state index is 12.6. The van der Waals surface area contributed by atoms with Gasteiger partial charge in [0.1, 0.15) is 16.2 Å². The van der Waals surface area contributed by atoms with Gasteiger partial charge >= 0.3 is 0 Å². The highest BCUT2D eigenvalue weighted by Gasteiger charge is 2.27. The van der Waals surface area contributed by atoms with Crippen LogP contribution >= 0.6 is 23.5 Å². The van der Waals surface area contributed by atoms with Gasteiger partial charge in [-0.1, -0.05) is 30.0 Å². The summed E-state index contributed by atoms with van der Waals surface area (Å²) in [5.41, 5.74) is 2.72. The lowest BCUT2D eigenvalue weighted by atomic mass is 10.1. The van der Waals surface area contributed by atoms with E-state index in [-0.39, 0.29) is 10.6 Å². The second kappa shape index (κ2) is 9.30. The van der Waals surface area contributed by atoms with Crippen LogP contribution in [0.15, 0.2) is 53.7 Å². The van der Waals surface area contributed by atoms with Crippen molar-refractivity contribution in [2.45, 2.75) is 18.2 Å². The van der Waals surface area contributed by atoms with Crippen molar-refractivity contribution in [1.82, 2.24) is 10.2 Å². The van der Waals surface area contributed by atoms with Crippen molar-refractivity contribution in [3.8, 4) is 11.5 Å². The number of hydrogen-bond acceptors (Lipinski definition) is 6. The van der Waals surface area contributed by atoms with Crippen LogP contribution in [0.4, 0.5) is 0 Å². The van der Waals surface area contributed by atoms with Crippen molar-refractivity contribution in [1.29, 1.82) is 0 Å². The first-order valence-corrected chi connectivity index (χ1v) is 11.0. The van der Waals surface area contributed by atoms with E-state index >= 15 is 0 Å². The van der Waals surface area contributed by atoms with E-state index in [4.69, 9.17) is 9.47 Å². The van der Waals surface area contributed by atoms with Crippen LogP contribution in [-0.2, 0) is 6.54 Å². The fourth-order valence-electron chi connectivity index (χ4n) is 2.97. The van der Waals surface area contributed by atoms with Gasteiger partial charge in [0.15, 0.2) is 0 Å². The van der Waals surface area contributed by atoms with E-state index in [0.717, 1.165) is 27.7 Å². The Bertz CT molecular complexity index is 886. The smallest absolute Gasteiger partial charge is 0.256 e. The number of aryl methyl sites for hydroxylation is 1. The quantitative estimate of drug-likeness (QED) is 0.720. The maximum Gasteiger partial charge on any atom is 0.256 e.